The van der Waals surface area contributed by atoms with Gasteiger partial charge in [0.05, 0.1) is 11.4 Å². The lowest BCUT2D eigenvalue weighted by molar-refractivity contribution is -0.123. The molecule has 0 saturated carbocycles. The molecule has 31 heavy (non-hydrogen) atoms. The molecular formula is C24H17ClN2O3S. The van der Waals surface area contributed by atoms with Crippen molar-refractivity contribution in [3.63, 3.8) is 0 Å². The molecule has 0 aromatic heterocycles. The molecule has 3 aromatic carbocycles. The van der Waals surface area contributed by atoms with Crippen molar-refractivity contribution in [2.45, 2.75) is 6.54 Å². The normalized spacial score (nSPS) is 14.9. The third kappa shape index (κ3) is 5.05. The monoisotopic (exact) mass is 448 g/mol. The third-order valence-electron chi connectivity index (χ3n) is 4.63. The summed E-state index contributed by atoms with van der Waals surface area (Å²) >= 11 is 6.78. The lowest BCUT2D eigenvalue weighted by Crippen LogP contribution is -2.27. The molecule has 3 amide bonds. The van der Waals surface area contributed by atoms with Crippen LogP contribution in [0.5, 0.6) is 0 Å². The second-order valence-corrected chi connectivity index (χ2v) is 8.27. The van der Waals surface area contributed by atoms with Gasteiger partial charge in [-0.15, -0.1) is 0 Å². The standard InChI is InChI=1S/C24H17ClN2O3S/c25-19-10-12-20(13-11-19)26-22(28)18-8-6-17(7-9-18)15-27-23(29)21(31-24(27)30)14-16-4-2-1-3-5-16/h1-14H,15H2,(H,26,28)/b21-14-. The van der Waals surface area contributed by atoms with Crippen molar-refractivity contribution in [2.75, 3.05) is 5.32 Å². The van der Waals surface area contributed by atoms with Crippen molar-refractivity contribution in [3.05, 3.63) is 105 Å². The molecule has 7 heteroatoms. The van der Waals surface area contributed by atoms with E-state index in [4.69, 9.17) is 11.6 Å². The first-order chi connectivity index (χ1) is 15.0. The molecule has 0 spiro atoms. The van der Waals surface area contributed by atoms with Crippen molar-refractivity contribution in [1.29, 1.82) is 0 Å². The van der Waals surface area contributed by atoms with E-state index in [1.54, 1.807) is 54.6 Å². The topological polar surface area (TPSA) is 66.5 Å². The number of nitrogens with one attached hydrogen (secondary N) is 1. The Morgan fingerprint density at radius 3 is 2.29 bits per heavy atom. The molecule has 5 nitrogen and oxygen atoms in total. The second-order valence-electron chi connectivity index (χ2n) is 6.84. The molecule has 1 aliphatic rings. The molecule has 1 fully saturated rings. The van der Waals surface area contributed by atoms with Crippen LogP contribution >= 0.6 is 23.4 Å². The number of amides is 3. The first-order valence-electron chi connectivity index (χ1n) is 9.46. The summed E-state index contributed by atoms with van der Waals surface area (Å²) in [5.41, 5.74) is 2.73. The highest BCUT2D eigenvalue weighted by Gasteiger charge is 2.34. The van der Waals surface area contributed by atoms with E-state index in [2.05, 4.69) is 5.32 Å². The number of anilines is 1. The van der Waals surface area contributed by atoms with E-state index >= 15 is 0 Å². The van der Waals surface area contributed by atoms with Crippen molar-refractivity contribution in [2.24, 2.45) is 0 Å². The zero-order valence-corrected chi connectivity index (χ0v) is 17.8. The van der Waals surface area contributed by atoms with Crippen LogP contribution in [0.25, 0.3) is 6.08 Å². The van der Waals surface area contributed by atoms with Crippen LogP contribution in [0.2, 0.25) is 5.02 Å². The van der Waals surface area contributed by atoms with Gasteiger partial charge < -0.3 is 5.32 Å². The van der Waals surface area contributed by atoms with Crippen molar-refractivity contribution >= 4 is 52.2 Å². The minimum atomic E-state index is -0.316. The largest absolute Gasteiger partial charge is 0.322 e. The minimum absolute atomic E-state index is 0.149. The number of carbonyl (C=O) groups excluding carboxylic acids is 3. The maximum absolute atomic E-state index is 12.7. The van der Waals surface area contributed by atoms with Crippen LogP contribution in [0, 0.1) is 0 Å². The number of imide groups is 1. The van der Waals surface area contributed by atoms with E-state index in [1.165, 1.54) is 4.90 Å². The summed E-state index contributed by atoms with van der Waals surface area (Å²) in [6.45, 7) is 0.149. The summed E-state index contributed by atoms with van der Waals surface area (Å²) in [4.78, 5) is 39.0. The number of halogens is 1. The van der Waals surface area contributed by atoms with Crippen LogP contribution in [-0.2, 0) is 11.3 Å². The van der Waals surface area contributed by atoms with E-state index in [9.17, 15) is 14.4 Å². The van der Waals surface area contributed by atoms with Gasteiger partial charge in [-0.3, -0.25) is 19.3 Å². The van der Waals surface area contributed by atoms with Gasteiger partial charge in [-0.05, 0) is 65.4 Å². The molecule has 1 N–H and O–H groups in total. The quantitative estimate of drug-likeness (QED) is 0.499. The van der Waals surface area contributed by atoms with Crippen LogP contribution in [0.4, 0.5) is 10.5 Å². The van der Waals surface area contributed by atoms with Gasteiger partial charge >= 0.3 is 0 Å². The smallest absolute Gasteiger partial charge is 0.293 e. The Balaban J connectivity index is 1.42. The summed E-state index contributed by atoms with van der Waals surface area (Å²) in [5, 5.41) is 3.08. The number of hydrogen-bond acceptors (Lipinski definition) is 4. The molecular weight excluding hydrogens is 432 g/mol. The molecule has 0 aliphatic carbocycles. The van der Waals surface area contributed by atoms with Gasteiger partial charge in [-0.25, -0.2) is 0 Å². The molecule has 1 saturated heterocycles. The highest BCUT2D eigenvalue weighted by atomic mass is 35.5. The second kappa shape index (κ2) is 9.20. The Morgan fingerprint density at radius 2 is 1.61 bits per heavy atom. The fourth-order valence-corrected chi connectivity index (χ4v) is 3.98. The average Bonchev–Trinajstić information content (AvgIpc) is 3.04. The maximum atomic E-state index is 12.7. The van der Waals surface area contributed by atoms with Gasteiger partial charge in [0.2, 0.25) is 0 Å². The fourth-order valence-electron chi connectivity index (χ4n) is 3.02. The number of hydrogen-bond donors (Lipinski definition) is 1. The van der Waals surface area contributed by atoms with Gasteiger partial charge in [0.25, 0.3) is 17.1 Å². The summed E-state index contributed by atoms with van der Waals surface area (Å²) < 4.78 is 0. The van der Waals surface area contributed by atoms with Gasteiger partial charge in [0.1, 0.15) is 0 Å². The molecule has 0 bridgehead atoms. The number of rotatable bonds is 5. The van der Waals surface area contributed by atoms with E-state index < -0.39 is 0 Å². The Hall–Kier alpha value is -3.35. The van der Waals surface area contributed by atoms with Crippen molar-refractivity contribution < 1.29 is 14.4 Å². The molecule has 1 heterocycles. The van der Waals surface area contributed by atoms with Gasteiger partial charge in [-0.1, -0.05) is 54.1 Å². The highest BCUT2D eigenvalue weighted by molar-refractivity contribution is 8.18. The van der Waals surface area contributed by atoms with E-state index in [0.29, 0.717) is 21.2 Å². The maximum Gasteiger partial charge on any atom is 0.293 e. The van der Waals surface area contributed by atoms with Crippen LogP contribution in [0.3, 0.4) is 0 Å². The van der Waals surface area contributed by atoms with Gasteiger partial charge in [-0.2, -0.15) is 0 Å². The Morgan fingerprint density at radius 1 is 0.935 bits per heavy atom. The van der Waals surface area contributed by atoms with Crippen LogP contribution in [0.1, 0.15) is 21.5 Å². The van der Waals surface area contributed by atoms with Crippen molar-refractivity contribution in [3.8, 4) is 0 Å². The van der Waals surface area contributed by atoms with Crippen LogP contribution in [0.15, 0.2) is 83.8 Å². The summed E-state index contributed by atoms with van der Waals surface area (Å²) in [7, 11) is 0. The summed E-state index contributed by atoms with van der Waals surface area (Å²) in [5.74, 6) is -0.575. The summed E-state index contributed by atoms with van der Waals surface area (Å²) in [6, 6.07) is 23.0. The van der Waals surface area contributed by atoms with Crippen molar-refractivity contribution in [1.82, 2.24) is 4.90 Å². The minimum Gasteiger partial charge on any atom is -0.322 e. The number of nitrogens with zero attached hydrogens (tertiary/aromatic N) is 1. The Kier molecular flexibility index (Phi) is 6.21. The first kappa shape index (κ1) is 20.9. The van der Waals surface area contributed by atoms with E-state index in [0.717, 1.165) is 22.9 Å². The SMILES string of the molecule is O=C(Nc1ccc(Cl)cc1)c1ccc(CN2C(=O)S/C(=C\c3ccccc3)C2=O)cc1. The van der Waals surface area contributed by atoms with Gasteiger partial charge in [0.15, 0.2) is 0 Å². The Labute approximate surface area is 188 Å². The summed E-state index contributed by atoms with van der Waals surface area (Å²) in [6.07, 6.45) is 1.72. The average molecular weight is 449 g/mol. The lowest BCUT2D eigenvalue weighted by Gasteiger charge is -2.13. The Bertz CT molecular complexity index is 1160. The molecule has 0 unspecified atom stereocenters. The predicted molar refractivity (Wildman–Crippen MR) is 124 cm³/mol. The molecule has 154 valence electrons. The van der Waals surface area contributed by atoms with Crippen LogP contribution < -0.4 is 5.32 Å². The first-order valence-corrected chi connectivity index (χ1v) is 10.7. The van der Waals surface area contributed by atoms with Gasteiger partial charge in [0, 0.05) is 16.3 Å². The molecule has 3 aromatic rings. The molecule has 1 aliphatic heterocycles. The zero-order chi connectivity index (χ0) is 21.8. The van der Waals surface area contributed by atoms with E-state index in [1.807, 2.05) is 30.3 Å². The molecule has 0 radical (unpaired) electrons. The predicted octanol–water partition coefficient (Wildman–Crippen LogP) is 5.83. The van der Waals surface area contributed by atoms with E-state index in [-0.39, 0.29) is 23.6 Å². The molecule has 4 rings (SSSR count). The lowest BCUT2D eigenvalue weighted by atomic mass is 10.1. The number of carbonyl (C=O) groups is 3. The third-order valence-corrected chi connectivity index (χ3v) is 5.79. The number of thioether (sulfide) groups is 1. The van der Waals surface area contributed by atoms with Crippen LogP contribution in [-0.4, -0.2) is 22.0 Å². The fraction of sp³-hybridized carbons (Fsp3) is 0.0417. The molecule has 0 atom stereocenters. The zero-order valence-electron chi connectivity index (χ0n) is 16.2. The highest BCUT2D eigenvalue weighted by Crippen LogP contribution is 2.33. The number of benzene rings is 3.